The molecular formula is C34H32F2N6O6S. The molecule has 49 heavy (non-hydrogen) atoms. The molecular weight excluding hydrogens is 658 g/mol. The second kappa shape index (κ2) is 15.7. The van der Waals surface area contributed by atoms with Gasteiger partial charge >= 0.3 is 0 Å². The Kier molecular flexibility index (Phi) is 11.2. The quantitative estimate of drug-likeness (QED) is 0.0478. The van der Waals surface area contributed by atoms with Gasteiger partial charge in [-0.1, -0.05) is 53.6 Å². The average Bonchev–Trinajstić information content (AvgIpc) is 3.51. The maximum atomic E-state index is 14.3. The normalized spacial score (nSPS) is 17.0. The van der Waals surface area contributed by atoms with Crippen LogP contribution in [-0.4, -0.2) is 49.8 Å². The maximum Gasteiger partial charge on any atom is 0.266 e. The smallest absolute Gasteiger partial charge is 0.266 e. The van der Waals surface area contributed by atoms with Crippen LogP contribution in [0.15, 0.2) is 112 Å². The zero-order valence-corrected chi connectivity index (χ0v) is 26.8. The molecule has 5 rings (SSSR count). The Morgan fingerprint density at radius 1 is 1.02 bits per heavy atom. The average molecular weight is 691 g/mol. The Hall–Kier alpha value is -5.34. The lowest BCUT2D eigenvalue weighted by molar-refractivity contribution is -0.130. The van der Waals surface area contributed by atoms with Gasteiger partial charge in [-0.3, -0.25) is 10.2 Å². The van der Waals surface area contributed by atoms with Crippen molar-refractivity contribution in [3.8, 4) is 5.75 Å². The molecule has 0 aliphatic carbocycles. The Bertz CT molecular complexity index is 1970. The number of nitrogens with one attached hydrogen (secondary N) is 2. The van der Waals surface area contributed by atoms with Crippen LogP contribution in [0.25, 0.3) is 10.4 Å². The molecule has 1 aliphatic heterocycles. The van der Waals surface area contributed by atoms with E-state index in [1.807, 2.05) is 0 Å². The Morgan fingerprint density at radius 3 is 2.47 bits per heavy atom. The number of ether oxygens (including phenoxy) is 2. The summed E-state index contributed by atoms with van der Waals surface area (Å²) < 4.78 is 66.4. The number of hydrogen-bond donors (Lipinski definition) is 3. The van der Waals surface area contributed by atoms with Gasteiger partial charge in [0, 0.05) is 47.7 Å². The van der Waals surface area contributed by atoms with E-state index in [-0.39, 0.29) is 41.6 Å². The predicted octanol–water partition coefficient (Wildman–Crippen LogP) is 5.61. The van der Waals surface area contributed by atoms with Crippen LogP contribution in [0.4, 0.5) is 14.5 Å². The summed E-state index contributed by atoms with van der Waals surface area (Å²) in [4.78, 5) is 22.0. The van der Waals surface area contributed by atoms with E-state index in [1.54, 1.807) is 60.7 Å². The van der Waals surface area contributed by atoms with Crippen LogP contribution in [0.3, 0.4) is 0 Å². The molecule has 4 aromatic carbocycles. The van der Waals surface area contributed by atoms with Gasteiger partial charge in [-0.2, -0.15) is 0 Å². The number of azide groups is 1. The van der Waals surface area contributed by atoms with Crippen LogP contribution < -0.4 is 15.6 Å². The van der Waals surface area contributed by atoms with Crippen molar-refractivity contribution in [2.75, 3.05) is 19.0 Å². The standard InChI is InChI=1S/C34H32F2N6O6S/c35-28-16-11-23(21-29(28)36)22-38-41-33(44)34(17-20-49(45,46)26-7-2-1-3-8-26)31(27-9-4-5-10-30(27)40-42-37)48-32(39-34)24-12-14-25(15-13-24)47-19-6-18-43/h1-5,7-16,21,31,38,43H,6,17-20,22H2,(H,41,44)/t31-,34-/m0/s1. The van der Waals surface area contributed by atoms with Crippen LogP contribution in [-0.2, 0) is 25.9 Å². The molecule has 0 aromatic heterocycles. The molecule has 0 spiro atoms. The van der Waals surface area contributed by atoms with E-state index in [0.717, 1.165) is 12.1 Å². The SMILES string of the molecule is [N-]=[N+]=Nc1ccccc1[C@@H]1OC(c2ccc(OCCCO)cc2)=N[C@]1(CCS(=O)(=O)c1ccccc1)C(=O)NNCc1ccc(F)c(F)c1. The molecule has 4 aromatic rings. The first-order valence-corrected chi connectivity index (χ1v) is 16.8. The zero-order chi connectivity index (χ0) is 34.9. The van der Waals surface area contributed by atoms with Crippen molar-refractivity contribution in [2.24, 2.45) is 10.1 Å². The highest BCUT2D eigenvalue weighted by Crippen LogP contribution is 2.45. The van der Waals surface area contributed by atoms with E-state index in [2.05, 4.69) is 20.9 Å². The largest absolute Gasteiger partial charge is 0.494 e. The number of carbonyl (C=O) groups is 1. The van der Waals surface area contributed by atoms with Crippen molar-refractivity contribution in [1.29, 1.82) is 0 Å². The van der Waals surface area contributed by atoms with Gasteiger partial charge in [0.1, 0.15) is 5.75 Å². The summed E-state index contributed by atoms with van der Waals surface area (Å²) in [7, 11) is -3.94. The number of aliphatic imine (C=N–C) groups is 1. The summed E-state index contributed by atoms with van der Waals surface area (Å²) in [5.41, 5.74) is 13.8. The maximum absolute atomic E-state index is 14.3. The summed E-state index contributed by atoms with van der Waals surface area (Å²) >= 11 is 0. The minimum Gasteiger partial charge on any atom is -0.494 e. The third-order valence-electron chi connectivity index (χ3n) is 7.73. The van der Waals surface area contributed by atoms with Crippen LogP contribution >= 0.6 is 0 Å². The van der Waals surface area contributed by atoms with Gasteiger partial charge in [-0.25, -0.2) is 27.6 Å². The van der Waals surface area contributed by atoms with Gasteiger partial charge < -0.3 is 14.6 Å². The second-order valence-electron chi connectivity index (χ2n) is 11.0. The number of sulfone groups is 1. The van der Waals surface area contributed by atoms with Crippen molar-refractivity contribution in [3.05, 3.63) is 136 Å². The lowest BCUT2D eigenvalue weighted by atomic mass is 9.84. The van der Waals surface area contributed by atoms with E-state index in [9.17, 15) is 27.5 Å². The van der Waals surface area contributed by atoms with Gasteiger partial charge in [-0.15, -0.1) is 0 Å². The van der Waals surface area contributed by atoms with E-state index in [4.69, 9.17) is 19.6 Å². The molecule has 1 heterocycles. The number of hydrogen-bond acceptors (Lipinski definition) is 9. The molecule has 254 valence electrons. The van der Waals surface area contributed by atoms with Crippen molar-refractivity contribution >= 4 is 27.3 Å². The van der Waals surface area contributed by atoms with Crippen LogP contribution in [0.1, 0.15) is 35.6 Å². The molecule has 1 aliphatic rings. The zero-order valence-electron chi connectivity index (χ0n) is 26.0. The molecule has 12 nitrogen and oxygen atoms in total. The van der Waals surface area contributed by atoms with Crippen molar-refractivity contribution in [2.45, 2.75) is 35.9 Å². The number of nitrogens with zero attached hydrogens (tertiary/aromatic N) is 4. The molecule has 0 unspecified atom stereocenters. The van der Waals surface area contributed by atoms with E-state index in [0.29, 0.717) is 29.9 Å². The number of amides is 1. The third-order valence-corrected chi connectivity index (χ3v) is 9.47. The molecule has 1 amide bonds. The first-order valence-electron chi connectivity index (χ1n) is 15.2. The van der Waals surface area contributed by atoms with Crippen molar-refractivity contribution in [1.82, 2.24) is 10.9 Å². The molecule has 3 N–H and O–H groups in total. The van der Waals surface area contributed by atoms with Crippen LogP contribution in [0.2, 0.25) is 0 Å². The second-order valence-corrected chi connectivity index (χ2v) is 13.1. The number of benzene rings is 4. The molecule has 0 saturated carbocycles. The van der Waals surface area contributed by atoms with Crippen molar-refractivity contribution in [3.63, 3.8) is 0 Å². The number of aliphatic hydroxyl groups excluding tert-OH is 1. The Morgan fingerprint density at radius 2 is 1.76 bits per heavy atom. The fourth-order valence-electron chi connectivity index (χ4n) is 5.22. The number of aliphatic hydroxyl groups is 1. The summed E-state index contributed by atoms with van der Waals surface area (Å²) in [5.74, 6) is -2.88. The Balaban J connectivity index is 1.56. The van der Waals surface area contributed by atoms with Crippen molar-refractivity contribution < 1.29 is 36.6 Å². The van der Waals surface area contributed by atoms with Gasteiger partial charge in [-0.05, 0) is 59.6 Å². The molecule has 15 heteroatoms. The summed E-state index contributed by atoms with van der Waals surface area (Å²) in [6, 6.07) is 24.0. The molecule has 0 radical (unpaired) electrons. The first-order chi connectivity index (χ1) is 23.7. The lowest BCUT2D eigenvalue weighted by Crippen LogP contribution is -2.53. The number of hydrazine groups is 1. The highest BCUT2D eigenvalue weighted by atomic mass is 32.2. The Labute approximate surface area is 280 Å². The highest BCUT2D eigenvalue weighted by Gasteiger charge is 2.54. The minimum atomic E-state index is -3.94. The van der Waals surface area contributed by atoms with E-state index in [1.165, 1.54) is 24.3 Å². The third kappa shape index (κ3) is 8.21. The number of rotatable bonds is 15. The van der Waals surface area contributed by atoms with Gasteiger partial charge in [0.2, 0.25) is 5.90 Å². The van der Waals surface area contributed by atoms with E-state index < -0.39 is 44.8 Å². The molecule has 0 fully saturated rings. The fraction of sp³-hybridized carbons (Fsp3) is 0.235. The minimum absolute atomic E-state index is 0.00973. The molecule has 2 atom stereocenters. The monoisotopic (exact) mass is 690 g/mol. The van der Waals surface area contributed by atoms with Gasteiger partial charge in [0.15, 0.2) is 33.1 Å². The lowest BCUT2D eigenvalue weighted by Gasteiger charge is -2.31. The summed E-state index contributed by atoms with van der Waals surface area (Å²) in [5, 5.41) is 12.8. The number of carbonyl (C=O) groups excluding carboxylic acids is 1. The van der Waals surface area contributed by atoms with E-state index >= 15 is 0 Å². The molecule has 0 saturated heterocycles. The summed E-state index contributed by atoms with van der Waals surface area (Å²) in [6.07, 6.45) is -1.21. The van der Waals surface area contributed by atoms with Gasteiger partial charge in [0.25, 0.3) is 5.91 Å². The van der Waals surface area contributed by atoms with Crippen LogP contribution in [0.5, 0.6) is 5.75 Å². The van der Waals surface area contributed by atoms with Crippen LogP contribution in [0, 0.1) is 11.6 Å². The van der Waals surface area contributed by atoms with Gasteiger partial charge in [0.05, 0.1) is 17.3 Å². The topological polar surface area (TPSA) is 175 Å². The fourth-order valence-corrected chi connectivity index (χ4v) is 6.60. The first kappa shape index (κ1) is 35.0. The highest BCUT2D eigenvalue weighted by molar-refractivity contribution is 7.91. The predicted molar refractivity (Wildman–Crippen MR) is 176 cm³/mol. The number of halogens is 2. The summed E-state index contributed by atoms with van der Waals surface area (Å²) in [6.45, 7) is 0.153. The molecule has 0 bridgehead atoms.